The summed E-state index contributed by atoms with van der Waals surface area (Å²) < 4.78 is 41.5. The summed E-state index contributed by atoms with van der Waals surface area (Å²) in [6, 6.07) is 0. The van der Waals surface area contributed by atoms with Gasteiger partial charge in [0, 0.05) is 43.8 Å². The smallest absolute Gasteiger partial charge is 0.410 e. The Morgan fingerprint density at radius 3 is 2.79 bits per heavy atom. The van der Waals surface area contributed by atoms with Crippen LogP contribution in [0.25, 0.3) is 0 Å². The molecule has 9 heteroatoms. The number of carbonyl (C=O) groups excluding carboxylic acids is 1. The maximum atomic E-state index is 12.5. The number of fused-ring (bicyclic) bond motifs is 1. The van der Waals surface area contributed by atoms with E-state index in [9.17, 15) is 18.0 Å². The number of likely N-dealkylation sites (tertiary alicyclic amines) is 1. The maximum Gasteiger partial charge on any atom is 0.572 e. The summed E-state index contributed by atoms with van der Waals surface area (Å²) in [6.45, 7) is 6.80. The van der Waals surface area contributed by atoms with Crippen LogP contribution < -0.4 is 5.32 Å². The lowest BCUT2D eigenvalue weighted by Crippen LogP contribution is -2.40. The lowest BCUT2D eigenvalue weighted by atomic mass is 9.82. The molecule has 0 aromatic rings. The highest BCUT2D eigenvalue weighted by Gasteiger charge is 2.55. The Morgan fingerprint density at radius 1 is 1.38 bits per heavy atom. The van der Waals surface area contributed by atoms with Crippen molar-refractivity contribution in [2.75, 3.05) is 50.9 Å². The number of nitrogens with one attached hydrogen (secondary N) is 1. The van der Waals surface area contributed by atoms with E-state index in [1.165, 1.54) is 6.08 Å². The quantitative estimate of drug-likeness (QED) is 0.672. The van der Waals surface area contributed by atoms with Crippen molar-refractivity contribution in [1.29, 1.82) is 0 Å². The lowest BCUT2D eigenvalue weighted by Gasteiger charge is -2.30. The number of thioether (sulfide) groups is 1. The molecule has 0 aromatic carbocycles. The highest BCUT2D eigenvalue weighted by Crippen LogP contribution is 2.51. The first-order chi connectivity index (χ1) is 13.7. The van der Waals surface area contributed by atoms with Gasteiger partial charge in [-0.2, -0.15) is 0 Å². The van der Waals surface area contributed by atoms with Crippen LogP contribution in [0.1, 0.15) is 13.3 Å². The van der Waals surface area contributed by atoms with Crippen molar-refractivity contribution in [1.82, 2.24) is 15.1 Å². The molecule has 29 heavy (non-hydrogen) atoms. The third kappa shape index (κ3) is 5.30. The number of carbonyl (C=O) groups is 1. The van der Waals surface area contributed by atoms with Gasteiger partial charge in [-0.1, -0.05) is 19.1 Å². The molecule has 4 rings (SSSR count). The number of ether oxygens (including phenoxy) is 1. The van der Waals surface area contributed by atoms with E-state index in [0.29, 0.717) is 30.8 Å². The van der Waals surface area contributed by atoms with Crippen LogP contribution in [-0.2, 0) is 9.53 Å². The molecule has 4 aliphatic rings. The van der Waals surface area contributed by atoms with E-state index in [2.05, 4.69) is 15.0 Å². The Bertz CT molecular complexity index is 681. The molecule has 5 nitrogen and oxygen atoms in total. The van der Waals surface area contributed by atoms with Crippen molar-refractivity contribution >= 4 is 17.7 Å². The third-order valence-electron chi connectivity index (χ3n) is 6.43. The molecule has 3 atom stereocenters. The van der Waals surface area contributed by atoms with Crippen LogP contribution in [0.4, 0.5) is 13.2 Å². The number of amides is 1. The number of piperidine rings is 1. The van der Waals surface area contributed by atoms with Gasteiger partial charge in [-0.15, -0.1) is 24.9 Å². The molecule has 2 saturated heterocycles. The van der Waals surface area contributed by atoms with Gasteiger partial charge in [0.2, 0.25) is 5.91 Å². The van der Waals surface area contributed by atoms with Crippen molar-refractivity contribution in [3.8, 4) is 0 Å². The zero-order chi connectivity index (χ0) is 20.6. The van der Waals surface area contributed by atoms with Crippen LogP contribution in [0.3, 0.4) is 0 Å². The topological polar surface area (TPSA) is 44.8 Å². The van der Waals surface area contributed by atoms with Crippen LogP contribution in [0, 0.1) is 23.2 Å². The van der Waals surface area contributed by atoms with Crippen LogP contribution in [0.15, 0.2) is 24.0 Å². The highest BCUT2D eigenvalue weighted by molar-refractivity contribution is 7.99. The normalized spacial score (nSPS) is 34.3. The number of halogens is 3. The summed E-state index contributed by atoms with van der Waals surface area (Å²) in [4.78, 5) is 16.5. The minimum Gasteiger partial charge on any atom is -0.410 e. The summed E-state index contributed by atoms with van der Waals surface area (Å²) in [6.07, 6.45) is 0.569. The Balaban J connectivity index is 1.15. The summed E-state index contributed by atoms with van der Waals surface area (Å²) in [5.41, 5.74) is -0.383. The first-order valence-corrected chi connectivity index (χ1v) is 11.3. The third-order valence-corrected chi connectivity index (χ3v) is 7.39. The fraction of sp³-hybridized carbons (Fsp3) is 0.750. The van der Waals surface area contributed by atoms with E-state index in [-0.39, 0.29) is 23.5 Å². The van der Waals surface area contributed by atoms with Gasteiger partial charge >= 0.3 is 6.36 Å². The largest absolute Gasteiger partial charge is 0.572 e. The van der Waals surface area contributed by atoms with E-state index in [1.807, 2.05) is 29.7 Å². The van der Waals surface area contributed by atoms with Crippen molar-refractivity contribution < 1.29 is 22.7 Å². The fourth-order valence-corrected chi connectivity index (χ4v) is 5.81. The summed E-state index contributed by atoms with van der Waals surface area (Å²) >= 11 is 1.81. The Kier molecular flexibility index (Phi) is 5.92. The molecular weight excluding hydrogens is 403 g/mol. The molecule has 2 aliphatic carbocycles. The standard InChI is InChI=1S/C20H28F3N3O2S/c1-19(4-2-3-14(7-19)28-20(21,22)23)12-24-8-15-16-9-25(10-17(15)16)11-18(27)26-5-6-29-13-26/h2-4,15-17,24H,5-13H2,1H3. The minimum absolute atomic E-state index is 0.0377. The molecule has 1 N–H and O–H groups in total. The Hall–Kier alpha value is -1.19. The number of alkyl halides is 3. The number of nitrogens with zero attached hydrogens (tertiary/aromatic N) is 2. The summed E-state index contributed by atoms with van der Waals surface area (Å²) in [7, 11) is 0. The first-order valence-electron chi connectivity index (χ1n) is 10.2. The van der Waals surface area contributed by atoms with Gasteiger partial charge in [0.05, 0.1) is 12.4 Å². The lowest BCUT2D eigenvalue weighted by molar-refractivity contribution is -0.307. The van der Waals surface area contributed by atoms with Crippen LogP contribution in [0.5, 0.6) is 0 Å². The van der Waals surface area contributed by atoms with Crippen molar-refractivity contribution in [2.24, 2.45) is 23.2 Å². The first kappa shape index (κ1) is 21.1. The molecule has 2 heterocycles. The van der Waals surface area contributed by atoms with Gasteiger partial charge in [-0.3, -0.25) is 9.69 Å². The van der Waals surface area contributed by atoms with Crippen molar-refractivity contribution in [2.45, 2.75) is 19.7 Å². The molecule has 3 fully saturated rings. The average molecular weight is 432 g/mol. The predicted octanol–water partition coefficient (Wildman–Crippen LogP) is 2.67. The molecule has 0 spiro atoms. The van der Waals surface area contributed by atoms with Crippen molar-refractivity contribution in [3.05, 3.63) is 24.0 Å². The van der Waals surface area contributed by atoms with Gasteiger partial charge in [0.1, 0.15) is 5.76 Å². The predicted molar refractivity (Wildman–Crippen MR) is 106 cm³/mol. The van der Waals surface area contributed by atoms with Crippen molar-refractivity contribution in [3.63, 3.8) is 0 Å². The monoisotopic (exact) mass is 431 g/mol. The van der Waals surface area contributed by atoms with Crippen LogP contribution in [-0.4, -0.2) is 73.0 Å². The molecule has 3 unspecified atom stereocenters. The SMILES string of the molecule is CC1(CNCC2C3CN(CC(=O)N4CCSC4)CC23)C=CC=C(OC(F)(F)F)C1. The van der Waals surface area contributed by atoms with Gasteiger partial charge in [-0.05, 0) is 30.4 Å². The van der Waals surface area contributed by atoms with E-state index in [4.69, 9.17) is 0 Å². The number of hydrogen-bond donors (Lipinski definition) is 1. The second-order valence-electron chi connectivity index (χ2n) is 8.88. The van der Waals surface area contributed by atoms with Gasteiger partial charge in [0.15, 0.2) is 0 Å². The highest BCUT2D eigenvalue weighted by atomic mass is 32.2. The number of allylic oxidation sites excluding steroid dienone is 3. The van der Waals surface area contributed by atoms with Crippen LogP contribution >= 0.6 is 11.8 Å². The van der Waals surface area contributed by atoms with E-state index < -0.39 is 6.36 Å². The van der Waals surface area contributed by atoms with Gasteiger partial charge in [-0.25, -0.2) is 0 Å². The van der Waals surface area contributed by atoms with E-state index >= 15 is 0 Å². The van der Waals surface area contributed by atoms with E-state index in [1.54, 1.807) is 6.08 Å². The average Bonchev–Trinajstić information content (AvgIpc) is 3.04. The molecule has 0 radical (unpaired) electrons. The Morgan fingerprint density at radius 2 is 2.14 bits per heavy atom. The molecule has 0 aromatic heterocycles. The zero-order valence-electron chi connectivity index (χ0n) is 16.6. The molecular formula is C20H28F3N3O2S. The molecule has 0 bridgehead atoms. The molecule has 1 amide bonds. The molecule has 2 aliphatic heterocycles. The molecule has 162 valence electrons. The summed E-state index contributed by atoms with van der Waals surface area (Å²) in [5, 5.41) is 3.46. The Labute approximate surface area is 173 Å². The molecule has 1 saturated carbocycles. The zero-order valence-corrected chi connectivity index (χ0v) is 17.4. The minimum atomic E-state index is -4.64. The maximum absolute atomic E-state index is 12.5. The van der Waals surface area contributed by atoms with Gasteiger partial charge < -0.3 is 15.0 Å². The second-order valence-corrected chi connectivity index (χ2v) is 9.96. The van der Waals surface area contributed by atoms with E-state index in [0.717, 1.165) is 37.8 Å². The van der Waals surface area contributed by atoms with Crippen LogP contribution in [0.2, 0.25) is 0 Å². The second kappa shape index (κ2) is 8.15. The number of hydrogen-bond acceptors (Lipinski definition) is 5. The van der Waals surface area contributed by atoms with Gasteiger partial charge in [0.25, 0.3) is 0 Å². The number of rotatable bonds is 7. The fourth-order valence-electron chi connectivity index (χ4n) is 4.84. The summed E-state index contributed by atoms with van der Waals surface area (Å²) in [5.74, 6) is 3.96.